The number of nitrogens with one attached hydrogen (secondary N) is 2. The van der Waals surface area contributed by atoms with E-state index in [9.17, 15) is 18.0 Å². The molecular formula is C31H30ClN3O4S. The molecule has 4 rings (SSSR count). The zero-order chi connectivity index (χ0) is 28.9. The van der Waals surface area contributed by atoms with Crippen LogP contribution < -0.4 is 14.9 Å². The summed E-state index contributed by atoms with van der Waals surface area (Å²) in [6, 6.07) is 27.1. The largest absolute Gasteiger partial charge is 0.345 e. The number of hydrogen-bond donors (Lipinski definition) is 2. The summed E-state index contributed by atoms with van der Waals surface area (Å²) in [7, 11) is -4.12. The van der Waals surface area contributed by atoms with Crippen molar-refractivity contribution >= 4 is 44.8 Å². The van der Waals surface area contributed by atoms with Gasteiger partial charge in [0.25, 0.3) is 15.9 Å². The van der Waals surface area contributed by atoms with Crippen LogP contribution >= 0.6 is 11.6 Å². The lowest BCUT2D eigenvalue weighted by Crippen LogP contribution is -2.39. The fourth-order valence-corrected chi connectivity index (χ4v) is 5.96. The summed E-state index contributed by atoms with van der Waals surface area (Å²) in [5, 5.41) is 6.13. The van der Waals surface area contributed by atoms with Crippen LogP contribution in [0.25, 0.3) is 0 Å². The molecule has 206 valence electrons. The second-order valence-electron chi connectivity index (χ2n) is 9.46. The number of sulfonamides is 1. The zero-order valence-electron chi connectivity index (χ0n) is 22.4. The maximum atomic E-state index is 13.7. The van der Waals surface area contributed by atoms with Crippen LogP contribution in [0.1, 0.15) is 40.0 Å². The van der Waals surface area contributed by atoms with E-state index < -0.39 is 22.5 Å². The van der Waals surface area contributed by atoms with Crippen molar-refractivity contribution in [2.24, 2.45) is 0 Å². The summed E-state index contributed by atoms with van der Waals surface area (Å²) in [6.07, 6.45) is 0. The van der Waals surface area contributed by atoms with Crippen molar-refractivity contribution in [2.75, 3.05) is 16.2 Å². The van der Waals surface area contributed by atoms with E-state index in [1.54, 1.807) is 61.5 Å². The molecule has 0 saturated carbocycles. The van der Waals surface area contributed by atoms with Crippen molar-refractivity contribution in [3.63, 3.8) is 0 Å². The first-order valence-electron chi connectivity index (χ1n) is 12.7. The summed E-state index contributed by atoms with van der Waals surface area (Å²) in [6.45, 7) is 4.94. The van der Waals surface area contributed by atoms with E-state index in [0.29, 0.717) is 16.3 Å². The van der Waals surface area contributed by atoms with Crippen LogP contribution in [0.15, 0.2) is 102 Å². The highest BCUT2D eigenvalue weighted by Gasteiger charge is 2.29. The van der Waals surface area contributed by atoms with E-state index in [0.717, 1.165) is 15.4 Å². The second kappa shape index (κ2) is 12.4. The van der Waals surface area contributed by atoms with E-state index in [2.05, 4.69) is 10.6 Å². The Hall–Kier alpha value is -4.14. The fourth-order valence-electron chi connectivity index (χ4n) is 4.25. The number of rotatable bonds is 9. The van der Waals surface area contributed by atoms with Gasteiger partial charge in [0, 0.05) is 5.02 Å². The van der Waals surface area contributed by atoms with Gasteiger partial charge in [-0.1, -0.05) is 71.8 Å². The van der Waals surface area contributed by atoms with E-state index in [4.69, 9.17) is 11.6 Å². The second-order valence-corrected chi connectivity index (χ2v) is 11.8. The van der Waals surface area contributed by atoms with Gasteiger partial charge < -0.3 is 10.6 Å². The van der Waals surface area contributed by atoms with Crippen LogP contribution in [0, 0.1) is 13.8 Å². The quantitative estimate of drug-likeness (QED) is 0.245. The number of carbonyl (C=O) groups excluding carboxylic acids is 2. The van der Waals surface area contributed by atoms with Crippen molar-refractivity contribution in [3.05, 3.63) is 124 Å². The molecule has 0 aliphatic heterocycles. The Labute approximate surface area is 239 Å². The van der Waals surface area contributed by atoms with Crippen LogP contribution in [0.5, 0.6) is 0 Å². The molecule has 0 fully saturated rings. The molecule has 0 heterocycles. The van der Waals surface area contributed by atoms with Gasteiger partial charge in [0.1, 0.15) is 6.54 Å². The van der Waals surface area contributed by atoms with Crippen LogP contribution in [0.3, 0.4) is 0 Å². The van der Waals surface area contributed by atoms with Crippen molar-refractivity contribution in [2.45, 2.75) is 31.7 Å². The SMILES string of the molecule is Cc1ccc(S(=O)(=O)N(CC(=O)Nc2ccccc2C(=O)N[C@H](C)c2ccccc2)c2ccc(Cl)cc2C)cc1. The highest BCUT2D eigenvalue weighted by atomic mass is 35.5. The van der Waals surface area contributed by atoms with Gasteiger partial charge in [0.2, 0.25) is 5.91 Å². The minimum atomic E-state index is -4.12. The number of carbonyl (C=O) groups is 2. The lowest BCUT2D eigenvalue weighted by molar-refractivity contribution is -0.114. The molecule has 0 bridgehead atoms. The Balaban J connectivity index is 1.60. The van der Waals surface area contributed by atoms with Gasteiger partial charge >= 0.3 is 0 Å². The van der Waals surface area contributed by atoms with Gasteiger partial charge in [-0.15, -0.1) is 0 Å². The molecule has 0 saturated heterocycles. The molecule has 9 heteroatoms. The first kappa shape index (κ1) is 28.9. The molecular weight excluding hydrogens is 546 g/mol. The average Bonchev–Trinajstić information content (AvgIpc) is 2.93. The summed E-state index contributed by atoms with van der Waals surface area (Å²) in [5.74, 6) is -0.980. The van der Waals surface area contributed by atoms with Crippen molar-refractivity contribution in [1.29, 1.82) is 0 Å². The highest BCUT2D eigenvalue weighted by molar-refractivity contribution is 7.92. The van der Waals surface area contributed by atoms with Crippen LogP contribution in [-0.4, -0.2) is 26.8 Å². The third-order valence-corrected chi connectivity index (χ3v) is 8.43. The van der Waals surface area contributed by atoms with Crippen molar-refractivity contribution in [1.82, 2.24) is 5.32 Å². The van der Waals surface area contributed by atoms with Gasteiger partial charge in [-0.05, 0) is 74.4 Å². The molecule has 0 aliphatic carbocycles. The number of para-hydroxylation sites is 1. The molecule has 4 aromatic carbocycles. The summed E-state index contributed by atoms with van der Waals surface area (Å²) >= 11 is 6.12. The lowest BCUT2D eigenvalue weighted by Gasteiger charge is -2.26. The predicted octanol–water partition coefficient (Wildman–Crippen LogP) is 6.28. The topological polar surface area (TPSA) is 95.6 Å². The molecule has 0 aliphatic rings. The highest BCUT2D eigenvalue weighted by Crippen LogP contribution is 2.29. The fraction of sp³-hybridized carbons (Fsp3) is 0.161. The normalized spacial score (nSPS) is 11.9. The van der Waals surface area contributed by atoms with Gasteiger partial charge in [0.05, 0.1) is 27.9 Å². The molecule has 1 atom stereocenters. The lowest BCUT2D eigenvalue weighted by atomic mass is 10.1. The first-order chi connectivity index (χ1) is 19.1. The van der Waals surface area contributed by atoms with Gasteiger partial charge in [-0.3, -0.25) is 13.9 Å². The number of amides is 2. The average molecular weight is 576 g/mol. The number of benzene rings is 4. The predicted molar refractivity (Wildman–Crippen MR) is 159 cm³/mol. The molecule has 0 radical (unpaired) electrons. The number of aryl methyl sites for hydroxylation is 2. The molecule has 2 amide bonds. The number of hydrogen-bond acceptors (Lipinski definition) is 4. The van der Waals surface area contributed by atoms with E-state index in [1.165, 1.54) is 12.1 Å². The van der Waals surface area contributed by atoms with Gasteiger partial charge in [0.15, 0.2) is 0 Å². The number of anilines is 2. The Bertz CT molecular complexity index is 1620. The molecule has 0 aromatic heterocycles. The number of nitrogens with zero attached hydrogens (tertiary/aromatic N) is 1. The third-order valence-electron chi connectivity index (χ3n) is 6.42. The van der Waals surface area contributed by atoms with E-state index in [1.807, 2.05) is 44.2 Å². The zero-order valence-corrected chi connectivity index (χ0v) is 24.0. The minimum Gasteiger partial charge on any atom is -0.345 e. The minimum absolute atomic E-state index is 0.0509. The monoisotopic (exact) mass is 575 g/mol. The van der Waals surface area contributed by atoms with Crippen molar-refractivity contribution in [3.8, 4) is 0 Å². The smallest absolute Gasteiger partial charge is 0.264 e. The molecule has 4 aromatic rings. The summed E-state index contributed by atoms with van der Waals surface area (Å²) < 4.78 is 28.6. The number of halogens is 1. The molecule has 0 spiro atoms. The van der Waals surface area contributed by atoms with Crippen molar-refractivity contribution < 1.29 is 18.0 Å². The molecule has 2 N–H and O–H groups in total. The van der Waals surface area contributed by atoms with E-state index >= 15 is 0 Å². The Kier molecular flexibility index (Phi) is 8.92. The Morgan fingerprint density at radius 1 is 0.875 bits per heavy atom. The molecule has 0 unspecified atom stereocenters. The summed E-state index contributed by atoms with van der Waals surface area (Å²) in [4.78, 5) is 26.5. The third kappa shape index (κ3) is 6.70. The van der Waals surface area contributed by atoms with E-state index in [-0.39, 0.29) is 28.1 Å². The standard InChI is InChI=1S/C31H30ClN3O4S/c1-21-13-16-26(17-14-21)40(38,39)35(29-18-15-25(32)19-22(29)2)20-30(36)34-28-12-8-7-11-27(28)31(37)33-23(3)24-9-5-4-6-10-24/h4-19,23H,20H2,1-3H3,(H,33,37)(H,34,36)/t23-/m1/s1. The van der Waals surface area contributed by atoms with Crippen LogP contribution in [0.2, 0.25) is 5.02 Å². The van der Waals surface area contributed by atoms with Gasteiger partial charge in [-0.25, -0.2) is 8.42 Å². The molecule has 7 nitrogen and oxygen atoms in total. The maximum Gasteiger partial charge on any atom is 0.264 e. The maximum absolute atomic E-state index is 13.7. The van der Waals surface area contributed by atoms with Crippen LogP contribution in [0.4, 0.5) is 11.4 Å². The summed E-state index contributed by atoms with van der Waals surface area (Å²) in [5.41, 5.74) is 3.28. The Morgan fingerprint density at radius 3 is 2.20 bits per heavy atom. The first-order valence-corrected chi connectivity index (χ1v) is 14.5. The molecule has 40 heavy (non-hydrogen) atoms. The van der Waals surface area contributed by atoms with Crippen LogP contribution in [-0.2, 0) is 14.8 Å². The van der Waals surface area contributed by atoms with Gasteiger partial charge in [-0.2, -0.15) is 0 Å². The Morgan fingerprint density at radius 2 is 1.52 bits per heavy atom.